The number of nitrogens with zero attached hydrogens (tertiary/aromatic N) is 4. The molecule has 2 fully saturated rings. The highest BCUT2D eigenvalue weighted by molar-refractivity contribution is 8.00. The molecule has 0 bridgehead atoms. The molecule has 0 unspecified atom stereocenters. The van der Waals surface area contributed by atoms with Crippen molar-refractivity contribution in [3.63, 3.8) is 0 Å². The second-order valence-electron chi connectivity index (χ2n) is 9.70. The van der Waals surface area contributed by atoms with Crippen LogP contribution in [0.4, 0.5) is 16.3 Å². The molecule has 2 aliphatic rings. The number of anilines is 2. The third kappa shape index (κ3) is 5.93. The first-order valence-electron chi connectivity index (χ1n) is 12.0. The number of hydrogen-bond donors (Lipinski definition) is 0. The minimum atomic E-state index is -0.523. The van der Waals surface area contributed by atoms with Crippen molar-refractivity contribution in [3.8, 4) is 5.75 Å². The minimum absolute atomic E-state index is 0.0553. The van der Waals surface area contributed by atoms with Gasteiger partial charge in [0.15, 0.2) is 0 Å². The molecule has 2 amide bonds. The van der Waals surface area contributed by atoms with Gasteiger partial charge in [-0.05, 0) is 45.0 Å². The van der Waals surface area contributed by atoms with Gasteiger partial charge in [0.05, 0.1) is 37.4 Å². The molecule has 4 rings (SSSR count). The number of benzene rings is 1. The summed E-state index contributed by atoms with van der Waals surface area (Å²) in [5.74, 6) is 0.832. The van der Waals surface area contributed by atoms with Crippen molar-refractivity contribution in [3.05, 3.63) is 47.7 Å². The number of carbonyl (C=O) groups is 3. The summed E-state index contributed by atoms with van der Waals surface area (Å²) in [5, 5.41) is -0.343. The first-order valence-corrected chi connectivity index (χ1v) is 13.0. The Morgan fingerprint density at radius 1 is 1.05 bits per heavy atom. The largest absolute Gasteiger partial charge is 0.496 e. The molecule has 1 aromatic carbocycles. The number of aromatic nitrogens is 1. The second-order valence-corrected chi connectivity index (χ2v) is 10.8. The molecule has 11 heteroatoms. The number of rotatable bonds is 5. The van der Waals surface area contributed by atoms with Gasteiger partial charge >= 0.3 is 12.1 Å². The summed E-state index contributed by atoms with van der Waals surface area (Å²) < 4.78 is 15.8. The maximum absolute atomic E-state index is 12.9. The zero-order chi connectivity index (χ0) is 26.7. The highest BCUT2D eigenvalue weighted by Crippen LogP contribution is 2.44. The van der Waals surface area contributed by atoms with Gasteiger partial charge in [0.1, 0.15) is 22.5 Å². The predicted octanol–water partition coefficient (Wildman–Crippen LogP) is 3.71. The summed E-state index contributed by atoms with van der Waals surface area (Å²) in [4.78, 5) is 47.3. The van der Waals surface area contributed by atoms with Crippen molar-refractivity contribution in [2.75, 3.05) is 56.0 Å². The van der Waals surface area contributed by atoms with Gasteiger partial charge in [0, 0.05) is 31.7 Å². The molecule has 198 valence electrons. The fraction of sp³-hybridized carbons (Fsp3) is 0.462. The molecule has 0 spiro atoms. The van der Waals surface area contributed by atoms with Crippen molar-refractivity contribution < 1.29 is 28.6 Å². The average molecular weight is 529 g/mol. The highest BCUT2D eigenvalue weighted by Gasteiger charge is 2.37. The molecular weight excluding hydrogens is 496 g/mol. The number of methoxy groups -OCH3 is 2. The van der Waals surface area contributed by atoms with Crippen molar-refractivity contribution in [1.29, 1.82) is 0 Å². The monoisotopic (exact) mass is 528 g/mol. The number of thioether (sulfide) groups is 1. The Bertz CT molecular complexity index is 1160. The summed E-state index contributed by atoms with van der Waals surface area (Å²) in [5.41, 5.74) is 1.54. The van der Waals surface area contributed by atoms with Crippen LogP contribution in [0.2, 0.25) is 0 Å². The summed E-state index contributed by atoms with van der Waals surface area (Å²) >= 11 is 1.48. The smallest absolute Gasteiger partial charge is 0.410 e. The topological polar surface area (TPSA) is 102 Å². The predicted molar refractivity (Wildman–Crippen MR) is 141 cm³/mol. The minimum Gasteiger partial charge on any atom is -0.496 e. The van der Waals surface area contributed by atoms with Crippen molar-refractivity contribution in [2.45, 2.75) is 31.7 Å². The van der Waals surface area contributed by atoms with Gasteiger partial charge in [-0.1, -0.05) is 6.07 Å². The lowest BCUT2D eigenvalue weighted by Gasteiger charge is -2.36. The second kappa shape index (κ2) is 10.9. The van der Waals surface area contributed by atoms with Crippen LogP contribution in [0.15, 0.2) is 36.5 Å². The molecule has 2 aromatic rings. The van der Waals surface area contributed by atoms with Crippen LogP contribution < -0.4 is 14.5 Å². The van der Waals surface area contributed by atoms with Crippen LogP contribution in [0.25, 0.3) is 0 Å². The molecule has 1 aromatic heterocycles. The van der Waals surface area contributed by atoms with Crippen LogP contribution in [0.1, 0.15) is 42.1 Å². The summed E-state index contributed by atoms with van der Waals surface area (Å²) in [6.45, 7) is 8.00. The van der Waals surface area contributed by atoms with Crippen LogP contribution in [0.3, 0.4) is 0 Å². The fourth-order valence-electron chi connectivity index (χ4n) is 4.24. The number of ether oxygens (including phenoxy) is 3. The number of pyridine rings is 1. The van der Waals surface area contributed by atoms with E-state index in [-0.39, 0.29) is 17.4 Å². The van der Waals surface area contributed by atoms with Crippen molar-refractivity contribution >= 4 is 41.2 Å². The Balaban J connectivity index is 1.47. The van der Waals surface area contributed by atoms with E-state index in [0.717, 1.165) is 11.3 Å². The molecule has 10 nitrogen and oxygen atoms in total. The molecule has 0 saturated carbocycles. The first kappa shape index (κ1) is 26.6. The van der Waals surface area contributed by atoms with Gasteiger partial charge in [-0.3, -0.25) is 9.69 Å². The SMILES string of the molecule is COC(=O)c1ccc([C@@H]2SCC(=O)N2c2ccc(N3CCN(C(=O)OC(C)(C)C)CC3)cn2)c(OC)c1. The molecule has 37 heavy (non-hydrogen) atoms. The van der Waals surface area contributed by atoms with E-state index in [2.05, 4.69) is 9.88 Å². The zero-order valence-corrected chi connectivity index (χ0v) is 22.5. The number of amides is 2. The van der Waals surface area contributed by atoms with E-state index in [9.17, 15) is 14.4 Å². The van der Waals surface area contributed by atoms with Crippen LogP contribution in [0, 0.1) is 0 Å². The Morgan fingerprint density at radius 3 is 2.38 bits per heavy atom. The van der Waals surface area contributed by atoms with Crippen LogP contribution in [0.5, 0.6) is 5.75 Å². The summed E-state index contributed by atoms with van der Waals surface area (Å²) in [6.07, 6.45) is 1.45. The molecule has 0 aliphatic carbocycles. The lowest BCUT2D eigenvalue weighted by atomic mass is 10.1. The normalized spacial score (nSPS) is 18.1. The Labute approximate surface area is 220 Å². The molecule has 2 aliphatic heterocycles. The van der Waals surface area contributed by atoms with E-state index in [4.69, 9.17) is 14.2 Å². The summed E-state index contributed by atoms with van der Waals surface area (Å²) in [7, 11) is 2.85. The van der Waals surface area contributed by atoms with Gasteiger partial charge in [-0.2, -0.15) is 0 Å². The highest BCUT2D eigenvalue weighted by atomic mass is 32.2. The third-order valence-electron chi connectivity index (χ3n) is 6.06. The lowest BCUT2D eigenvalue weighted by Crippen LogP contribution is -2.50. The van der Waals surface area contributed by atoms with E-state index >= 15 is 0 Å². The van der Waals surface area contributed by atoms with Gasteiger partial charge < -0.3 is 24.0 Å². The number of hydrogen-bond acceptors (Lipinski definition) is 9. The van der Waals surface area contributed by atoms with Crippen LogP contribution in [-0.4, -0.2) is 79.6 Å². The van der Waals surface area contributed by atoms with Crippen molar-refractivity contribution in [2.24, 2.45) is 0 Å². The maximum atomic E-state index is 12.9. The molecule has 3 heterocycles. The van der Waals surface area contributed by atoms with Crippen LogP contribution >= 0.6 is 11.8 Å². The molecule has 0 N–H and O–H groups in total. The third-order valence-corrected chi connectivity index (χ3v) is 7.26. The van der Waals surface area contributed by atoms with E-state index in [0.29, 0.717) is 49.1 Å². The Hall–Kier alpha value is -3.47. The number of piperazine rings is 1. The van der Waals surface area contributed by atoms with E-state index in [1.807, 2.05) is 32.9 Å². The van der Waals surface area contributed by atoms with E-state index in [1.54, 1.807) is 34.2 Å². The molecule has 1 atom stereocenters. The van der Waals surface area contributed by atoms with Gasteiger partial charge in [-0.15, -0.1) is 11.8 Å². The Morgan fingerprint density at radius 2 is 1.78 bits per heavy atom. The standard InChI is InChI=1S/C26H32N4O6S/c1-26(2,3)36-25(33)29-12-10-28(11-13-29)18-7-9-21(27-15-18)30-22(31)16-37-23(30)19-8-6-17(24(32)35-5)14-20(19)34-4/h6-9,14-15,23H,10-13,16H2,1-5H3/t23-/m0/s1. The molecule has 0 radical (unpaired) electrons. The molecule has 2 saturated heterocycles. The fourth-order valence-corrected chi connectivity index (χ4v) is 5.43. The molecular formula is C26H32N4O6S. The summed E-state index contributed by atoms with van der Waals surface area (Å²) in [6, 6.07) is 8.85. The lowest BCUT2D eigenvalue weighted by molar-refractivity contribution is -0.115. The number of esters is 1. The van der Waals surface area contributed by atoms with Crippen molar-refractivity contribution in [1.82, 2.24) is 9.88 Å². The number of carbonyl (C=O) groups excluding carboxylic acids is 3. The maximum Gasteiger partial charge on any atom is 0.410 e. The van der Waals surface area contributed by atoms with Gasteiger partial charge in [0.2, 0.25) is 5.91 Å². The van der Waals surface area contributed by atoms with Gasteiger partial charge in [0.25, 0.3) is 0 Å². The average Bonchev–Trinajstić information content (AvgIpc) is 3.28. The quantitative estimate of drug-likeness (QED) is 0.538. The van der Waals surface area contributed by atoms with Gasteiger partial charge in [-0.25, -0.2) is 14.6 Å². The van der Waals surface area contributed by atoms with E-state index in [1.165, 1.54) is 26.0 Å². The van der Waals surface area contributed by atoms with Crippen LogP contribution in [-0.2, 0) is 14.3 Å². The van der Waals surface area contributed by atoms with E-state index < -0.39 is 11.6 Å². The Kier molecular flexibility index (Phi) is 7.82. The first-order chi connectivity index (χ1) is 17.6. The zero-order valence-electron chi connectivity index (χ0n) is 21.7.